The maximum absolute atomic E-state index is 12.9. The minimum Gasteiger partial charge on any atom is -0.349 e. The number of para-hydroxylation sites is 2. The van der Waals surface area contributed by atoms with Crippen molar-refractivity contribution in [1.82, 2.24) is 19.7 Å². The minimum atomic E-state index is -0.0226. The molecule has 148 valence electrons. The van der Waals surface area contributed by atoms with Crippen molar-refractivity contribution in [3.05, 3.63) is 52.8 Å². The van der Waals surface area contributed by atoms with E-state index in [0.29, 0.717) is 22.2 Å². The van der Waals surface area contributed by atoms with Gasteiger partial charge >= 0.3 is 0 Å². The van der Waals surface area contributed by atoms with Gasteiger partial charge in [0.25, 0.3) is 5.91 Å². The summed E-state index contributed by atoms with van der Waals surface area (Å²) in [6.45, 7) is 4.52. The molecule has 2 aromatic heterocycles. The lowest BCUT2D eigenvalue weighted by atomic mass is 9.78. The molecule has 4 aromatic rings. The average Bonchev–Trinajstić information content (AvgIpc) is 3.11. The van der Waals surface area contributed by atoms with Gasteiger partial charge in [-0.2, -0.15) is 0 Å². The maximum Gasteiger partial charge on any atom is 0.251 e. The Bertz CT molecular complexity index is 1300. The fourth-order valence-corrected chi connectivity index (χ4v) is 4.90. The zero-order valence-electron chi connectivity index (χ0n) is 16.6. The molecule has 3 atom stereocenters. The van der Waals surface area contributed by atoms with Crippen molar-refractivity contribution in [2.24, 2.45) is 11.8 Å². The molecule has 2 aromatic carbocycles. The Balaban J connectivity index is 1.55. The number of hydrogen-bond acceptors (Lipinski definition) is 3. The number of H-pyrrole nitrogens is 1. The number of carbonyl (C=O) groups excluding carboxylic acids is 1. The van der Waals surface area contributed by atoms with Crippen molar-refractivity contribution in [3.63, 3.8) is 0 Å². The standard InChI is InChI=1S/C23H24N4OS/c1-13-6-5-8-17(14(13)2)25-22(28)15-10-11-16-19(12-15)26-23(29)27-20-9-4-3-7-18(20)24-21(16)27/h3-4,7,9-14,17H,5-6,8H2,1-2H3,(H,25,28)(H,26,29)/t13-,14-,17-/m1/s1. The lowest BCUT2D eigenvalue weighted by Crippen LogP contribution is -2.43. The number of carbonyl (C=O) groups is 1. The minimum absolute atomic E-state index is 0.0226. The van der Waals surface area contributed by atoms with Crippen LogP contribution in [0.2, 0.25) is 0 Å². The molecule has 0 radical (unpaired) electrons. The number of aromatic amines is 1. The van der Waals surface area contributed by atoms with Crippen LogP contribution in [0.4, 0.5) is 0 Å². The van der Waals surface area contributed by atoms with Crippen LogP contribution >= 0.6 is 12.2 Å². The number of amides is 1. The summed E-state index contributed by atoms with van der Waals surface area (Å²) in [7, 11) is 0. The molecule has 5 nitrogen and oxygen atoms in total. The zero-order valence-corrected chi connectivity index (χ0v) is 17.4. The first-order valence-electron chi connectivity index (χ1n) is 10.3. The Morgan fingerprint density at radius 3 is 2.90 bits per heavy atom. The molecular formula is C23H24N4OS. The van der Waals surface area contributed by atoms with Gasteiger partial charge in [-0.3, -0.25) is 9.20 Å². The summed E-state index contributed by atoms with van der Waals surface area (Å²) in [5.41, 5.74) is 4.17. The molecule has 2 heterocycles. The van der Waals surface area contributed by atoms with E-state index in [0.717, 1.165) is 34.0 Å². The van der Waals surface area contributed by atoms with E-state index < -0.39 is 0 Å². The quantitative estimate of drug-likeness (QED) is 0.448. The van der Waals surface area contributed by atoms with Crippen molar-refractivity contribution in [2.75, 3.05) is 0 Å². The summed E-state index contributed by atoms with van der Waals surface area (Å²) in [4.78, 5) is 21.0. The van der Waals surface area contributed by atoms with Crippen molar-refractivity contribution < 1.29 is 4.79 Å². The van der Waals surface area contributed by atoms with Gasteiger partial charge in [0.05, 0.1) is 16.6 Å². The van der Waals surface area contributed by atoms with E-state index in [4.69, 9.17) is 17.2 Å². The zero-order chi connectivity index (χ0) is 20.1. The van der Waals surface area contributed by atoms with E-state index in [-0.39, 0.29) is 11.9 Å². The predicted molar refractivity (Wildman–Crippen MR) is 119 cm³/mol. The molecule has 5 rings (SSSR count). The molecule has 0 bridgehead atoms. The van der Waals surface area contributed by atoms with Crippen molar-refractivity contribution in [2.45, 2.75) is 39.2 Å². The van der Waals surface area contributed by atoms with Crippen molar-refractivity contribution in [1.29, 1.82) is 0 Å². The second-order valence-corrected chi connectivity index (χ2v) is 8.68. The van der Waals surface area contributed by atoms with Gasteiger partial charge in [-0.1, -0.05) is 38.8 Å². The number of nitrogens with zero attached hydrogens (tertiary/aromatic N) is 2. The SMILES string of the molecule is C[C@@H]1[C@H](C)CCC[C@H]1NC(=O)c1ccc2c(c1)[nH]c(=S)n1c3ccccc3nc21. The van der Waals surface area contributed by atoms with Crippen LogP contribution in [-0.2, 0) is 0 Å². The third kappa shape index (κ3) is 3.02. The molecule has 1 saturated carbocycles. The summed E-state index contributed by atoms with van der Waals surface area (Å²) in [5.74, 6) is 1.12. The fraction of sp³-hybridized carbons (Fsp3) is 0.348. The Morgan fingerprint density at radius 2 is 2.03 bits per heavy atom. The highest BCUT2D eigenvalue weighted by molar-refractivity contribution is 7.71. The molecule has 1 aliphatic rings. The number of hydrogen-bond donors (Lipinski definition) is 2. The first kappa shape index (κ1) is 18.3. The summed E-state index contributed by atoms with van der Waals surface area (Å²) in [6, 6.07) is 13.9. The van der Waals surface area contributed by atoms with Crippen LogP contribution in [0.25, 0.3) is 27.6 Å². The third-order valence-corrected chi connectivity index (χ3v) is 6.84. The van der Waals surface area contributed by atoms with Crippen LogP contribution in [0, 0.1) is 16.6 Å². The number of rotatable bonds is 2. The van der Waals surface area contributed by atoms with Crippen LogP contribution in [0.3, 0.4) is 0 Å². The largest absolute Gasteiger partial charge is 0.349 e. The Morgan fingerprint density at radius 1 is 1.21 bits per heavy atom. The van der Waals surface area contributed by atoms with Crippen LogP contribution in [-0.4, -0.2) is 26.3 Å². The van der Waals surface area contributed by atoms with Crippen molar-refractivity contribution >= 4 is 45.7 Å². The average molecular weight is 405 g/mol. The lowest BCUT2D eigenvalue weighted by molar-refractivity contribution is 0.0891. The second kappa shape index (κ2) is 6.95. The van der Waals surface area contributed by atoms with E-state index in [1.807, 2.05) is 46.9 Å². The van der Waals surface area contributed by atoms with Gasteiger partial charge in [0.2, 0.25) is 0 Å². The summed E-state index contributed by atoms with van der Waals surface area (Å²) in [6.07, 6.45) is 3.47. The molecule has 0 unspecified atom stereocenters. The van der Waals surface area contributed by atoms with Crippen LogP contribution in [0.15, 0.2) is 42.5 Å². The number of imidazole rings is 1. The molecule has 2 N–H and O–H groups in total. The number of nitrogens with one attached hydrogen (secondary N) is 2. The molecule has 29 heavy (non-hydrogen) atoms. The molecule has 0 saturated heterocycles. The van der Waals surface area contributed by atoms with Gasteiger partial charge in [-0.25, -0.2) is 4.98 Å². The van der Waals surface area contributed by atoms with Crippen LogP contribution in [0.5, 0.6) is 0 Å². The van der Waals surface area contributed by atoms with Crippen LogP contribution < -0.4 is 5.32 Å². The van der Waals surface area contributed by atoms with Crippen molar-refractivity contribution in [3.8, 4) is 0 Å². The fourth-order valence-electron chi connectivity index (χ4n) is 4.60. The molecular weight excluding hydrogens is 380 g/mol. The van der Waals surface area contributed by atoms with Gasteiger partial charge in [0.1, 0.15) is 5.65 Å². The molecule has 1 aliphatic carbocycles. The predicted octanol–water partition coefficient (Wildman–Crippen LogP) is 5.25. The van der Waals surface area contributed by atoms with Crippen LogP contribution in [0.1, 0.15) is 43.5 Å². The van der Waals surface area contributed by atoms with Gasteiger partial charge < -0.3 is 10.3 Å². The normalized spacial score (nSPS) is 22.3. The Hall–Kier alpha value is -2.73. The number of fused-ring (bicyclic) bond motifs is 5. The monoisotopic (exact) mass is 404 g/mol. The summed E-state index contributed by atoms with van der Waals surface area (Å²) < 4.78 is 2.53. The topological polar surface area (TPSA) is 62.2 Å². The number of aromatic nitrogens is 3. The van der Waals surface area contributed by atoms with Gasteiger partial charge in [0, 0.05) is 17.0 Å². The molecule has 0 spiro atoms. The number of benzene rings is 2. The lowest BCUT2D eigenvalue weighted by Gasteiger charge is -2.34. The summed E-state index contributed by atoms with van der Waals surface area (Å²) in [5, 5.41) is 4.20. The van der Waals surface area contributed by atoms with E-state index in [1.165, 1.54) is 12.8 Å². The van der Waals surface area contributed by atoms with Gasteiger partial charge in [-0.05, 0) is 60.8 Å². The molecule has 1 amide bonds. The third-order valence-electron chi connectivity index (χ3n) is 6.55. The Labute approximate surface area is 174 Å². The van der Waals surface area contributed by atoms with E-state index in [2.05, 4.69) is 24.1 Å². The summed E-state index contributed by atoms with van der Waals surface area (Å²) >= 11 is 5.60. The smallest absolute Gasteiger partial charge is 0.251 e. The first-order chi connectivity index (χ1) is 14.0. The maximum atomic E-state index is 12.9. The highest BCUT2D eigenvalue weighted by atomic mass is 32.1. The molecule has 6 heteroatoms. The van der Waals surface area contributed by atoms with E-state index >= 15 is 0 Å². The highest BCUT2D eigenvalue weighted by Crippen LogP contribution is 2.30. The Kier molecular flexibility index (Phi) is 4.39. The first-order valence-corrected chi connectivity index (χ1v) is 10.7. The second-order valence-electron chi connectivity index (χ2n) is 8.30. The van der Waals surface area contributed by atoms with E-state index in [9.17, 15) is 4.79 Å². The van der Waals surface area contributed by atoms with E-state index in [1.54, 1.807) is 0 Å². The molecule has 1 fully saturated rings. The van der Waals surface area contributed by atoms with Gasteiger partial charge in [0.15, 0.2) is 4.77 Å². The van der Waals surface area contributed by atoms with Gasteiger partial charge in [-0.15, -0.1) is 0 Å². The highest BCUT2D eigenvalue weighted by Gasteiger charge is 2.28. The molecule has 0 aliphatic heterocycles.